The van der Waals surface area contributed by atoms with Gasteiger partial charge in [0.2, 0.25) is 5.82 Å². The molecule has 3 aromatic heterocycles. The van der Waals surface area contributed by atoms with E-state index in [1.807, 2.05) is 67.5 Å². The predicted molar refractivity (Wildman–Crippen MR) is 211 cm³/mol. The number of hydrogen-bond acceptors (Lipinski definition) is 7. The normalized spacial score (nSPS) is 11.5. The number of anilines is 1. The molecule has 0 aliphatic rings. The quantitative estimate of drug-likeness (QED) is 0.125. The number of pyridine rings is 2. The molecule has 5 aromatic carbocycles. The molecule has 0 saturated carbocycles. The Morgan fingerprint density at radius 2 is 1.23 bits per heavy atom. The zero-order valence-electron chi connectivity index (χ0n) is 30.0. The van der Waals surface area contributed by atoms with E-state index in [9.17, 15) is 0 Å². The van der Waals surface area contributed by atoms with Crippen molar-refractivity contribution >= 4 is 16.9 Å². The molecule has 0 amide bonds. The van der Waals surface area contributed by atoms with Crippen molar-refractivity contribution in [1.82, 2.24) is 30.2 Å². The Labute approximate surface area is 309 Å². The number of aromatic nitrogens is 6. The van der Waals surface area contributed by atoms with Crippen molar-refractivity contribution in [3.63, 3.8) is 0 Å². The van der Waals surface area contributed by atoms with Crippen molar-refractivity contribution in [2.75, 3.05) is 19.0 Å². The number of fused-ring (bicyclic) bond motifs is 1. The molecule has 0 radical (unpaired) electrons. The SMILES string of the molecule is CCc1cc(OCc2ccc(-c3ccccc3-c3nnn(C(c4ccccc4)(c4ccccc4)c4ccccc4)n3)cc2)c2nc(N(C)C)ccc2n1. The van der Waals surface area contributed by atoms with E-state index in [1.54, 1.807) is 4.80 Å². The van der Waals surface area contributed by atoms with Crippen LogP contribution in [0.3, 0.4) is 0 Å². The minimum Gasteiger partial charge on any atom is -0.486 e. The number of nitrogens with zero attached hydrogens (tertiary/aromatic N) is 7. The van der Waals surface area contributed by atoms with Crippen molar-refractivity contribution in [3.05, 3.63) is 186 Å². The Kier molecular flexibility index (Phi) is 9.17. The van der Waals surface area contributed by atoms with Crippen molar-refractivity contribution in [1.29, 1.82) is 0 Å². The van der Waals surface area contributed by atoms with Crippen molar-refractivity contribution in [2.45, 2.75) is 25.5 Å². The Morgan fingerprint density at radius 3 is 1.81 bits per heavy atom. The largest absolute Gasteiger partial charge is 0.486 e. The summed E-state index contributed by atoms with van der Waals surface area (Å²) in [5, 5.41) is 14.7. The van der Waals surface area contributed by atoms with Crippen LogP contribution in [0.15, 0.2) is 158 Å². The third-order valence-corrected chi connectivity index (χ3v) is 9.59. The molecule has 53 heavy (non-hydrogen) atoms. The second-order valence-corrected chi connectivity index (χ2v) is 13.1. The predicted octanol–water partition coefficient (Wildman–Crippen LogP) is 9.00. The van der Waals surface area contributed by atoms with Gasteiger partial charge in [0.25, 0.3) is 0 Å². The Bertz CT molecular complexity index is 2370. The van der Waals surface area contributed by atoms with Crippen LogP contribution in [0.2, 0.25) is 0 Å². The van der Waals surface area contributed by atoms with Crippen LogP contribution in [0.4, 0.5) is 5.82 Å². The molecule has 8 heteroatoms. The lowest BCUT2D eigenvalue weighted by atomic mass is 9.77. The van der Waals surface area contributed by atoms with E-state index in [2.05, 4.69) is 116 Å². The second kappa shape index (κ2) is 14.5. The molecule has 8 nitrogen and oxygen atoms in total. The summed E-state index contributed by atoms with van der Waals surface area (Å²) in [7, 11) is 3.96. The number of ether oxygens (including phenoxy) is 1. The fourth-order valence-electron chi connectivity index (χ4n) is 6.88. The highest BCUT2D eigenvalue weighted by Crippen LogP contribution is 2.40. The highest BCUT2D eigenvalue weighted by atomic mass is 16.5. The average Bonchev–Trinajstić information content (AvgIpc) is 3.72. The fourth-order valence-corrected chi connectivity index (χ4v) is 6.88. The van der Waals surface area contributed by atoms with Crippen molar-refractivity contribution in [3.8, 4) is 28.3 Å². The first kappa shape index (κ1) is 33.5. The third-order valence-electron chi connectivity index (χ3n) is 9.59. The van der Waals surface area contributed by atoms with Gasteiger partial charge in [0, 0.05) is 31.4 Å². The third kappa shape index (κ3) is 6.40. The average molecular weight is 694 g/mol. The van der Waals surface area contributed by atoms with E-state index in [0.717, 1.165) is 73.7 Å². The van der Waals surface area contributed by atoms with E-state index < -0.39 is 5.54 Å². The van der Waals surface area contributed by atoms with Gasteiger partial charge >= 0.3 is 0 Å². The van der Waals surface area contributed by atoms with E-state index in [0.29, 0.717) is 12.4 Å². The van der Waals surface area contributed by atoms with Gasteiger partial charge in [-0.2, -0.15) is 0 Å². The van der Waals surface area contributed by atoms with Crippen LogP contribution in [0.25, 0.3) is 33.5 Å². The zero-order chi connectivity index (χ0) is 36.2. The van der Waals surface area contributed by atoms with Gasteiger partial charge in [0.15, 0.2) is 5.54 Å². The monoisotopic (exact) mass is 693 g/mol. The molecule has 260 valence electrons. The Hall–Kier alpha value is -6.67. The highest BCUT2D eigenvalue weighted by Gasteiger charge is 2.41. The smallest absolute Gasteiger partial charge is 0.205 e. The summed E-state index contributed by atoms with van der Waals surface area (Å²) in [5.74, 6) is 2.13. The Balaban J connectivity index is 1.13. The van der Waals surface area contributed by atoms with Crippen LogP contribution in [-0.2, 0) is 18.6 Å². The topological polar surface area (TPSA) is 81.8 Å². The lowest BCUT2D eigenvalue weighted by Gasteiger charge is -2.34. The maximum absolute atomic E-state index is 6.41. The van der Waals surface area contributed by atoms with Crippen molar-refractivity contribution < 1.29 is 4.74 Å². The van der Waals surface area contributed by atoms with Crippen LogP contribution in [-0.4, -0.2) is 44.3 Å². The summed E-state index contributed by atoms with van der Waals surface area (Å²) in [4.78, 5) is 13.4. The zero-order valence-corrected chi connectivity index (χ0v) is 30.0. The fraction of sp³-hybridized carbons (Fsp3) is 0.133. The molecule has 0 spiro atoms. The molecule has 0 fully saturated rings. The molecule has 8 rings (SSSR count). The molecule has 8 aromatic rings. The minimum absolute atomic E-state index is 0.397. The molecule has 0 N–H and O–H groups in total. The molecule has 0 aliphatic carbocycles. The first-order valence-electron chi connectivity index (χ1n) is 17.8. The summed E-state index contributed by atoms with van der Waals surface area (Å²) >= 11 is 0. The van der Waals surface area contributed by atoms with Gasteiger partial charge in [-0.3, -0.25) is 4.98 Å². The van der Waals surface area contributed by atoms with Gasteiger partial charge in [-0.15, -0.1) is 15.0 Å². The van der Waals surface area contributed by atoms with E-state index in [4.69, 9.17) is 30.1 Å². The number of rotatable bonds is 11. The summed E-state index contributed by atoms with van der Waals surface area (Å²) < 4.78 is 6.41. The molecule has 0 aliphatic heterocycles. The van der Waals surface area contributed by atoms with Crippen molar-refractivity contribution in [2.24, 2.45) is 0 Å². The highest BCUT2D eigenvalue weighted by molar-refractivity contribution is 5.83. The molecular weight excluding hydrogens is 655 g/mol. The Morgan fingerprint density at radius 1 is 0.642 bits per heavy atom. The van der Waals surface area contributed by atoms with Gasteiger partial charge in [0.1, 0.15) is 23.7 Å². The summed E-state index contributed by atoms with van der Waals surface area (Å²) in [5.41, 5.74) is 8.80. The first-order chi connectivity index (χ1) is 26.0. The van der Waals surface area contributed by atoms with Gasteiger partial charge < -0.3 is 9.64 Å². The van der Waals surface area contributed by atoms with Gasteiger partial charge in [-0.05, 0) is 57.1 Å². The summed E-state index contributed by atoms with van der Waals surface area (Å²) in [6.07, 6.45) is 0.810. The molecule has 0 bridgehead atoms. The standard InChI is InChI=1S/C45H39N7O/c1-4-37-30-41(43-40(46-37)28-29-42(47-43)51(2)3)53-31-32-24-26-33(27-25-32)38-22-14-15-23-39(38)44-48-50-52(49-44)45(34-16-8-5-9-17-34,35-18-10-6-11-19-35)36-20-12-7-13-21-36/h5-30H,4,31H2,1-3H3. The molecule has 0 saturated heterocycles. The number of hydrogen-bond donors (Lipinski definition) is 0. The maximum atomic E-state index is 6.41. The molecule has 3 heterocycles. The van der Waals surface area contributed by atoms with Gasteiger partial charge in [-0.25, -0.2) is 4.98 Å². The van der Waals surface area contributed by atoms with Gasteiger partial charge in [-0.1, -0.05) is 146 Å². The minimum atomic E-state index is -0.854. The second-order valence-electron chi connectivity index (χ2n) is 13.1. The number of tetrazole rings is 1. The van der Waals surface area contributed by atoms with E-state index in [-0.39, 0.29) is 0 Å². The number of aryl methyl sites for hydroxylation is 1. The molecule has 0 unspecified atom stereocenters. The van der Waals surface area contributed by atoms with Crippen LogP contribution < -0.4 is 9.64 Å². The lowest BCUT2D eigenvalue weighted by Crippen LogP contribution is -2.39. The van der Waals surface area contributed by atoms with Crippen LogP contribution in [0, 0.1) is 0 Å². The first-order valence-corrected chi connectivity index (χ1v) is 17.8. The lowest BCUT2D eigenvalue weighted by molar-refractivity contribution is 0.309. The van der Waals surface area contributed by atoms with Crippen LogP contribution in [0.1, 0.15) is 34.9 Å². The number of benzene rings is 5. The summed E-state index contributed by atoms with van der Waals surface area (Å²) in [6, 6.07) is 53.8. The van der Waals surface area contributed by atoms with Gasteiger partial charge in [0.05, 0.1) is 5.52 Å². The maximum Gasteiger partial charge on any atom is 0.205 e. The molecular formula is C45H39N7O. The molecule has 0 atom stereocenters. The van der Waals surface area contributed by atoms with E-state index >= 15 is 0 Å². The van der Waals surface area contributed by atoms with Crippen LogP contribution >= 0.6 is 0 Å². The van der Waals surface area contributed by atoms with Crippen LogP contribution in [0.5, 0.6) is 5.75 Å². The summed E-state index contributed by atoms with van der Waals surface area (Å²) in [6.45, 7) is 2.49. The van der Waals surface area contributed by atoms with E-state index in [1.165, 1.54) is 0 Å².